The lowest BCUT2D eigenvalue weighted by Gasteiger charge is -2.06. The summed E-state index contributed by atoms with van der Waals surface area (Å²) in [5, 5.41) is 17.7. The first-order chi connectivity index (χ1) is 6.07. The molecule has 70 valence electrons. The largest absolute Gasteiger partial charge is 0.504 e. The average molecular weight is 186 g/mol. The van der Waals surface area contributed by atoms with Gasteiger partial charge in [0.25, 0.3) is 0 Å². The first kappa shape index (κ1) is 9.31. The van der Waals surface area contributed by atoms with Crippen LogP contribution < -0.4 is 4.74 Å². The van der Waals surface area contributed by atoms with Crippen LogP contribution in [0.4, 0.5) is 4.39 Å². The molecule has 0 aliphatic heterocycles. The van der Waals surface area contributed by atoms with Crippen LogP contribution in [0.25, 0.3) is 0 Å². The number of hydrogen-bond acceptors (Lipinski definition) is 3. The number of hydrogen-bond donors (Lipinski definition) is 2. The number of carboxylic acids is 1. The summed E-state index contributed by atoms with van der Waals surface area (Å²) in [6, 6.07) is 1.89. The lowest BCUT2D eigenvalue weighted by molar-refractivity contribution is 0.0693. The highest BCUT2D eigenvalue weighted by molar-refractivity contribution is 5.91. The molecule has 2 N–H and O–H groups in total. The maximum atomic E-state index is 12.8. The molecular weight excluding hydrogens is 179 g/mol. The highest BCUT2D eigenvalue weighted by Crippen LogP contribution is 2.32. The molecule has 1 rings (SSSR count). The second kappa shape index (κ2) is 3.30. The van der Waals surface area contributed by atoms with E-state index in [2.05, 4.69) is 4.74 Å². The number of benzene rings is 1. The Morgan fingerprint density at radius 3 is 2.62 bits per heavy atom. The van der Waals surface area contributed by atoms with Crippen LogP contribution in [-0.2, 0) is 0 Å². The molecule has 13 heavy (non-hydrogen) atoms. The van der Waals surface area contributed by atoms with Crippen LogP contribution in [0.2, 0.25) is 0 Å². The monoisotopic (exact) mass is 186 g/mol. The Morgan fingerprint density at radius 1 is 1.54 bits per heavy atom. The van der Waals surface area contributed by atoms with Gasteiger partial charge in [0.15, 0.2) is 17.3 Å². The summed E-state index contributed by atoms with van der Waals surface area (Å²) in [5.41, 5.74) is -0.391. The summed E-state index contributed by atoms with van der Waals surface area (Å²) in [6.07, 6.45) is 0. The summed E-state index contributed by atoms with van der Waals surface area (Å²) in [7, 11) is 1.14. The van der Waals surface area contributed by atoms with E-state index in [9.17, 15) is 14.3 Å². The van der Waals surface area contributed by atoms with Gasteiger partial charge in [-0.3, -0.25) is 0 Å². The molecule has 0 heterocycles. The molecule has 1 aromatic carbocycles. The van der Waals surface area contributed by atoms with Gasteiger partial charge in [-0.2, -0.15) is 0 Å². The maximum Gasteiger partial charge on any atom is 0.339 e. The molecule has 4 nitrogen and oxygen atoms in total. The fourth-order valence-corrected chi connectivity index (χ4v) is 0.913. The number of methoxy groups -OCH3 is 1. The molecule has 1 aromatic rings. The fourth-order valence-electron chi connectivity index (χ4n) is 0.913. The predicted octanol–water partition coefficient (Wildman–Crippen LogP) is 1.24. The van der Waals surface area contributed by atoms with Crippen molar-refractivity contribution in [1.82, 2.24) is 0 Å². The molecule has 0 saturated heterocycles. The Hall–Kier alpha value is -1.78. The standard InChI is InChI=1S/C8H7FO4/c1-13-7-5(9)3-2-4(6(7)10)8(11)12/h2-3,10H,1H3,(H,11,12). The summed E-state index contributed by atoms with van der Waals surface area (Å²) < 4.78 is 17.3. The summed E-state index contributed by atoms with van der Waals surface area (Å²) in [6.45, 7) is 0. The predicted molar refractivity (Wildman–Crippen MR) is 41.6 cm³/mol. The van der Waals surface area contributed by atoms with Crippen molar-refractivity contribution in [2.75, 3.05) is 7.11 Å². The first-order valence-corrected chi connectivity index (χ1v) is 3.36. The van der Waals surface area contributed by atoms with E-state index in [1.807, 2.05) is 0 Å². The second-order valence-corrected chi connectivity index (χ2v) is 2.28. The van der Waals surface area contributed by atoms with Gasteiger partial charge >= 0.3 is 5.97 Å². The number of carbonyl (C=O) groups is 1. The lowest BCUT2D eigenvalue weighted by Crippen LogP contribution is -1.99. The minimum absolute atomic E-state index is 0.391. The number of ether oxygens (including phenoxy) is 1. The molecular formula is C8H7FO4. The van der Waals surface area contributed by atoms with E-state index in [1.54, 1.807) is 0 Å². The Morgan fingerprint density at radius 2 is 2.15 bits per heavy atom. The van der Waals surface area contributed by atoms with Crippen molar-refractivity contribution in [3.05, 3.63) is 23.5 Å². The first-order valence-electron chi connectivity index (χ1n) is 3.36. The van der Waals surface area contributed by atoms with Gasteiger partial charge in [-0.1, -0.05) is 0 Å². The molecule has 0 radical (unpaired) electrons. The summed E-state index contributed by atoms with van der Waals surface area (Å²) in [4.78, 5) is 10.5. The van der Waals surface area contributed by atoms with Crippen LogP contribution in [0.5, 0.6) is 11.5 Å². The normalized spacial score (nSPS) is 9.69. The fraction of sp³-hybridized carbons (Fsp3) is 0.125. The topological polar surface area (TPSA) is 66.8 Å². The van der Waals surface area contributed by atoms with Gasteiger partial charge in [0.1, 0.15) is 5.56 Å². The van der Waals surface area contributed by atoms with E-state index in [4.69, 9.17) is 5.11 Å². The van der Waals surface area contributed by atoms with E-state index in [0.29, 0.717) is 0 Å². The van der Waals surface area contributed by atoms with Crippen molar-refractivity contribution < 1.29 is 24.1 Å². The molecule has 0 spiro atoms. The zero-order chi connectivity index (χ0) is 10.0. The van der Waals surface area contributed by atoms with Crippen LogP contribution in [0.1, 0.15) is 10.4 Å². The Bertz CT molecular complexity index is 348. The molecule has 0 unspecified atom stereocenters. The van der Waals surface area contributed by atoms with Crippen molar-refractivity contribution in [2.45, 2.75) is 0 Å². The van der Waals surface area contributed by atoms with Crippen molar-refractivity contribution in [2.24, 2.45) is 0 Å². The highest BCUT2D eigenvalue weighted by Gasteiger charge is 2.17. The number of carboxylic acid groups (broad SMARTS) is 1. The Labute approximate surface area is 73.2 Å². The van der Waals surface area contributed by atoms with E-state index in [1.165, 1.54) is 0 Å². The Balaban J connectivity index is 3.35. The van der Waals surface area contributed by atoms with Crippen LogP contribution in [0.15, 0.2) is 12.1 Å². The SMILES string of the molecule is COc1c(F)ccc(C(=O)O)c1O. The third kappa shape index (κ3) is 1.53. The number of phenols is 1. The van der Waals surface area contributed by atoms with E-state index in [0.717, 1.165) is 19.2 Å². The van der Waals surface area contributed by atoms with Gasteiger partial charge in [-0.05, 0) is 12.1 Å². The molecule has 0 fully saturated rings. The minimum atomic E-state index is -1.34. The maximum absolute atomic E-state index is 12.8. The third-order valence-electron chi connectivity index (χ3n) is 1.52. The highest BCUT2D eigenvalue weighted by atomic mass is 19.1. The van der Waals surface area contributed by atoms with Crippen LogP contribution in [0.3, 0.4) is 0 Å². The van der Waals surface area contributed by atoms with Crippen LogP contribution >= 0.6 is 0 Å². The smallest absolute Gasteiger partial charge is 0.339 e. The molecule has 5 heteroatoms. The second-order valence-electron chi connectivity index (χ2n) is 2.28. The molecule has 0 bridgehead atoms. The van der Waals surface area contributed by atoms with Gasteiger partial charge in [0.05, 0.1) is 7.11 Å². The molecule has 0 atom stereocenters. The number of rotatable bonds is 2. The van der Waals surface area contributed by atoms with Crippen molar-refractivity contribution in [1.29, 1.82) is 0 Å². The summed E-state index contributed by atoms with van der Waals surface area (Å²) in [5.74, 6) is -3.30. The van der Waals surface area contributed by atoms with Crippen molar-refractivity contribution in [3.63, 3.8) is 0 Å². The molecule has 0 aliphatic rings. The zero-order valence-corrected chi connectivity index (χ0v) is 6.74. The molecule has 0 amide bonds. The number of aromatic carboxylic acids is 1. The average Bonchev–Trinajstić information content (AvgIpc) is 2.04. The van der Waals surface area contributed by atoms with Crippen LogP contribution in [0, 0.1) is 5.82 Å². The van der Waals surface area contributed by atoms with Gasteiger partial charge in [0.2, 0.25) is 0 Å². The molecule has 0 aromatic heterocycles. The number of halogens is 1. The van der Waals surface area contributed by atoms with Crippen molar-refractivity contribution in [3.8, 4) is 11.5 Å². The van der Waals surface area contributed by atoms with Crippen molar-refractivity contribution >= 4 is 5.97 Å². The minimum Gasteiger partial charge on any atom is -0.504 e. The molecule has 0 aliphatic carbocycles. The van der Waals surface area contributed by atoms with E-state index < -0.39 is 28.8 Å². The van der Waals surface area contributed by atoms with Gasteiger partial charge in [-0.15, -0.1) is 0 Å². The van der Waals surface area contributed by atoms with E-state index >= 15 is 0 Å². The van der Waals surface area contributed by atoms with Gasteiger partial charge in [0, 0.05) is 0 Å². The molecule has 0 saturated carbocycles. The quantitative estimate of drug-likeness (QED) is 0.729. The Kier molecular flexibility index (Phi) is 2.36. The third-order valence-corrected chi connectivity index (χ3v) is 1.52. The summed E-state index contributed by atoms with van der Waals surface area (Å²) >= 11 is 0. The zero-order valence-electron chi connectivity index (χ0n) is 6.74. The van der Waals surface area contributed by atoms with Crippen LogP contribution in [-0.4, -0.2) is 23.3 Å². The van der Waals surface area contributed by atoms with Gasteiger partial charge < -0.3 is 14.9 Å². The lowest BCUT2D eigenvalue weighted by atomic mass is 10.2. The van der Waals surface area contributed by atoms with Gasteiger partial charge in [-0.25, -0.2) is 9.18 Å². The number of aromatic hydroxyl groups is 1. The van der Waals surface area contributed by atoms with E-state index in [-0.39, 0.29) is 0 Å².